The van der Waals surface area contributed by atoms with E-state index in [1.165, 1.54) is 32.1 Å². The molecule has 6 nitrogen and oxygen atoms in total. The van der Waals surface area contributed by atoms with Crippen LogP contribution in [0.1, 0.15) is 69.0 Å². The minimum Gasteiger partial charge on any atom is -0.337 e. The predicted molar refractivity (Wildman–Crippen MR) is 86.9 cm³/mol. The number of aromatic nitrogens is 2. The van der Waals surface area contributed by atoms with Crippen LogP contribution in [0, 0.1) is 0 Å². The molecule has 2 fully saturated rings. The zero-order valence-corrected chi connectivity index (χ0v) is 14.2. The highest BCUT2D eigenvalue weighted by molar-refractivity contribution is 5.75. The molecule has 2 aliphatic rings. The maximum absolute atomic E-state index is 12.3. The smallest absolute Gasteiger partial charge is 0.246 e. The van der Waals surface area contributed by atoms with E-state index in [1.54, 1.807) is 4.90 Å². The fourth-order valence-corrected chi connectivity index (χ4v) is 3.11. The van der Waals surface area contributed by atoms with E-state index in [0.29, 0.717) is 24.8 Å². The first-order valence-electron chi connectivity index (χ1n) is 9.01. The molecule has 0 aromatic carbocycles. The zero-order valence-electron chi connectivity index (χ0n) is 14.2. The third-order valence-electron chi connectivity index (χ3n) is 4.82. The molecule has 1 aromatic rings. The van der Waals surface area contributed by atoms with Gasteiger partial charge in [0.05, 0.1) is 6.54 Å². The van der Waals surface area contributed by atoms with Gasteiger partial charge < -0.3 is 14.3 Å². The molecule has 0 bridgehead atoms. The van der Waals surface area contributed by atoms with E-state index in [9.17, 15) is 4.79 Å². The van der Waals surface area contributed by atoms with Gasteiger partial charge in [-0.3, -0.25) is 4.79 Å². The molecule has 6 heteroatoms. The van der Waals surface area contributed by atoms with Gasteiger partial charge in [-0.05, 0) is 38.8 Å². The Kier molecular flexibility index (Phi) is 5.65. The Hall–Kier alpha value is -1.43. The molecule has 128 valence electrons. The number of likely N-dealkylation sites (tertiary alicyclic amines) is 1. The Morgan fingerprint density at radius 1 is 1.22 bits per heavy atom. The van der Waals surface area contributed by atoms with Gasteiger partial charge >= 0.3 is 0 Å². The zero-order chi connectivity index (χ0) is 16.1. The van der Waals surface area contributed by atoms with Crippen LogP contribution in [0.15, 0.2) is 4.52 Å². The molecule has 0 atom stereocenters. The summed E-state index contributed by atoms with van der Waals surface area (Å²) in [6.45, 7) is 3.54. The molecular weight excluding hydrogens is 292 g/mol. The maximum Gasteiger partial charge on any atom is 0.246 e. The van der Waals surface area contributed by atoms with Gasteiger partial charge in [0.1, 0.15) is 0 Å². The lowest BCUT2D eigenvalue weighted by atomic mass is 10.1. The third-order valence-corrected chi connectivity index (χ3v) is 4.82. The molecule has 2 heterocycles. The Bertz CT molecular complexity index is 504. The first-order chi connectivity index (χ1) is 11.2. The number of rotatable bonds is 6. The van der Waals surface area contributed by atoms with Gasteiger partial charge in [-0.2, -0.15) is 4.98 Å². The Morgan fingerprint density at radius 2 is 1.91 bits per heavy atom. The molecule has 23 heavy (non-hydrogen) atoms. The van der Waals surface area contributed by atoms with E-state index in [4.69, 9.17) is 4.52 Å². The molecule has 1 saturated heterocycles. The Morgan fingerprint density at radius 3 is 2.61 bits per heavy atom. The van der Waals surface area contributed by atoms with Gasteiger partial charge in [0.25, 0.3) is 0 Å². The van der Waals surface area contributed by atoms with E-state index < -0.39 is 0 Å². The van der Waals surface area contributed by atoms with Crippen LogP contribution in [0.3, 0.4) is 0 Å². The summed E-state index contributed by atoms with van der Waals surface area (Å²) in [5.74, 6) is 1.99. The first-order valence-corrected chi connectivity index (χ1v) is 9.01. The number of hydrogen-bond acceptors (Lipinski definition) is 5. The van der Waals surface area contributed by atoms with Crippen molar-refractivity contribution >= 4 is 5.91 Å². The van der Waals surface area contributed by atoms with E-state index in [1.807, 2.05) is 7.05 Å². The monoisotopic (exact) mass is 320 g/mol. The molecule has 3 rings (SSSR count). The normalized spacial score (nSPS) is 20.0. The summed E-state index contributed by atoms with van der Waals surface area (Å²) in [4.78, 5) is 20.8. The summed E-state index contributed by atoms with van der Waals surface area (Å²) < 4.78 is 5.25. The van der Waals surface area contributed by atoms with Crippen LogP contribution in [-0.4, -0.2) is 52.5 Å². The summed E-state index contributed by atoms with van der Waals surface area (Å²) in [5, 5.41) is 4.00. The number of nitrogens with zero attached hydrogens (tertiary/aromatic N) is 4. The van der Waals surface area contributed by atoms with Crippen molar-refractivity contribution in [2.24, 2.45) is 0 Å². The van der Waals surface area contributed by atoms with Gasteiger partial charge in [-0.15, -0.1) is 0 Å². The number of carbonyl (C=O) groups is 1. The summed E-state index contributed by atoms with van der Waals surface area (Å²) >= 11 is 0. The SMILES string of the molecule is CN(Cc1nc(C2CC2)no1)C(=O)CCN1CCCCCCC1. The highest BCUT2D eigenvalue weighted by Crippen LogP contribution is 2.38. The molecule has 1 aliphatic heterocycles. The largest absolute Gasteiger partial charge is 0.337 e. The molecule has 1 aliphatic carbocycles. The number of amides is 1. The topological polar surface area (TPSA) is 62.5 Å². The van der Waals surface area contributed by atoms with Gasteiger partial charge in [-0.25, -0.2) is 0 Å². The van der Waals surface area contributed by atoms with Crippen molar-refractivity contribution in [3.05, 3.63) is 11.7 Å². The lowest BCUT2D eigenvalue weighted by Crippen LogP contribution is -2.33. The Balaban J connectivity index is 1.41. The van der Waals surface area contributed by atoms with Crippen LogP contribution in [-0.2, 0) is 11.3 Å². The summed E-state index contributed by atoms with van der Waals surface area (Å²) in [6, 6.07) is 0. The second-order valence-electron chi connectivity index (χ2n) is 6.93. The average Bonchev–Trinajstić information content (AvgIpc) is 3.26. The van der Waals surface area contributed by atoms with E-state index in [-0.39, 0.29) is 5.91 Å². The van der Waals surface area contributed by atoms with Crippen LogP contribution in [0.5, 0.6) is 0 Å². The second kappa shape index (κ2) is 7.90. The van der Waals surface area contributed by atoms with Crippen LogP contribution in [0.4, 0.5) is 0 Å². The third kappa shape index (κ3) is 5.03. The van der Waals surface area contributed by atoms with Gasteiger partial charge in [0, 0.05) is 25.9 Å². The molecular formula is C17H28N4O2. The van der Waals surface area contributed by atoms with Crippen molar-refractivity contribution in [3.8, 4) is 0 Å². The van der Waals surface area contributed by atoms with Gasteiger partial charge in [0.2, 0.25) is 11.8 Å². The van der Waals surface area contributed by atoms with Crippen molar-refractivity contribution in [1.82, 2.24) is 19.9 Å². The van der Waals surface area contributed by atoms with Crippen molar-refractivity contribution < 1.29 is 9.32 Å². The molecule has 0 radical (unpaired) electrons. The molecule has 1 amide bonds. The number of hydrogen-bond donors (Lipinski definition) is 0. The fourth-order valence-electron chi connectivity index (χ4n) is 3.11. The lowest BCUT2D eigenvalue weighted by molar-refractivity contribution is -0.131. The van der Waals surface area contributed by atoms with Gasteiger partial charge in [-0.1, -0.05) is 24.4 Å². The number of carbonyl (C=O) groups excluding carboxylic acids is 1. The molecule has 1 saturated carbocycles. The van der Waals surface area contributed by atoms with Crippen LogP contribution < -0.4 is 0 Å². The van der Waals surface area contributed by atoms with Crippen molar-refractivity contribution in [2.75, 3.05) is 26.7 Å². The van der Waals surface area contributed by atoms with Crippen LogP contribution in [0.25, 0.3) is 0 Å². The summed E-state index contributed by atoms with van der Waals surface area (Å²) in [5.41, 5.74) is 0. The second-order valence-corrected chi connectivity index (χ2v) is 6.93. The minimum atomic E-state index is 0.151. The summed E-state index contributed by atoms with van der Waals surface area (Å²) in [7, 11) is 1.82. The maximum atomic E-state index is 12.3. The Labute approximate surface area is 138 Å². The highest BCUT2D eigenvalue weighted by atomic mass is 16.5. The minimum absolute atomic E-state index is 0.151. The average molecular weight is 320 g/mol. The van der Waals surface area contributed by atoms with E-state index >= 15 is 0 Å². The molecule has 0 spiro atoms. The van der Waals surface area contributed by atoms with E-state index in [0.717, 1.165) is 38.3 Å². The van der Waals surface area contributed by atoms with Crippen molar-refractivity contribution in [1.29, 1.82) is 0 Å². The van der Waals surface area contributed by atoms with E-state index in [2.05, 4.69) is 15.0 Å². The fraction of sp³-hybridized carbons (Fsp3) is 0.824. The van der Waals surface area contributed by atoms with Crippen molar-refractivity contribution in [2.45, 2.75) is 63.8 Å². The molecule has 1 aromatic heterocycles. The van der Waals surface area contributed by atoms with Crippen molar-refractivity contribution in [3.63, 3.8) is 0 Å². The van der Waals surface area contributed by atoms with Gasteiger partial charge in [0.15, 0.2) is 5.82 Å². The lowest BCUT2D eigenvalue weighted by Gasteiger charge is -2.25. The quantitative estimate of drug-likeness (QED) is 0.806. The van der Waals surface area contributed by atoms with Crippen LogP contribution >= 0.6 is 0 Å². The standard InChI is InChI=1S/C17H28N4O2/c1-20(13-15-18-17(19-23-15)14-7-8-14)16(22)9-12-21-10-5-3-2-4-6-11-21/h14H,2-13H2,1H3. The molecule has 0 unspecified atom stereocenters. The van der Waals surface area contributed by atoms with Crippen LogP contribution in [0.2, 0.25) is 0 Å². The first kappa shape index (κ1) is 16.4. The predicted octanol–water partition coefficient (Wildman–Crippen LogP) is 2.56. The highest BCUT2D eigenvalue weighted by Gasteiger charge is 2.29. The summed E-state index contributed by atoms with van der Waals surface area (Å²) in [6.07, 6.45) is 9.41. The molecule has 0 N–H and O–H groups in total.